The average molecular weight is 355 g/mol. The molecule has 1 aliphatic rings. The maximum absolute atomic E-state index is 11.7. The summed E-state index contributed by atoms with van der Waals surface area (Å²) in [7, 11) is 1.74. The van der Waals surface area contributed by atoms with E-state index in [0.717, 1.165) is 19.6 Å². The molecule has 140 valence electrons. The third-order valence-corrected chi connectivity index (χ3v) is 3.26. The number of likely N-dealkylation sites (tertiary alicyclic amines) is 1. The maximum atomic E-state index is 11.7. The van der Waals surface area contributed by atoms with Crippen LogP contribution in [-0.4, -0.2) is 83.5 Å². The predicted octanol–water partition coefficient (Wildman–Crippen LogP) is -0.774. The van der Waals surface area contributed by atoms with Crippen LogP contribution in [0.25, 0.3) is 0 Å². The molecule has 0 aliphatic carbocycles. The van der Waals surface area contributed by atoms with Crippen molar-refractivity contribution >= 4 is 23.8 Å². The van der Waals surface area contributed by atoms with Crippen LogP contribution in [-0.2, 0) is 19.2 Å². The standard InChI is InChI=1S/C14H23N3O2.C2H2O4/c1-13(18)15-8-7-14(19)16(2)9-3-4-10-17-11-5-6-12-17;3-1(4)2(5)6/h5-12H2,1-2H3,(H,15,18);(H,3,4)(H,5,6). The van der Waals surface area contributed by atoms with Crippen LogP contribution in [0.4, 0.5) is 0 Å². The highest BCUT2D eigenvalue weighted by atomic mass is 16.4. The number of nitrogens with zero attached hydrogens (tertiary/aromatic N) is 2. The fourth-order valence-corrected chi connectivity index (χ4v) is 1.91. The molecule has 1 aliphatic heterocycles. The molecule has 0 unspecified atom stereocenters. The third-order valence-electron chi connectivity index (χ3n) is 3.26. The summed E-state index contributed by atoms with van der Waals surface area (Å²) < 4.78 is 0. The zero-order valence-corrected chi connectivity index (χ0v) is 14.6. The molecule has 1 rings (SSSR count). The van der Waals surface area contributed by atoms with Crippen LogP contribution in [0.3, 0.4) is 0 Å². The molecule has 0 aromatic rings. The lowest BCUT2D eigenvalue weighted by Crippen LogP contribution is -2.31. The summed E-state index contributed by atoms with van der Waals surface area (Å²) in [5.74, 6) is 2.36. The van der Waals surface area contributed by atoms with E-state index >= 15 is 0 Å². The summed E-state index contributed by atoms with van der Waals surface area (Å²) in [6.45, 7) is 5.36. The maximum Gasteiger partial charge on any atom is 0.414 e. The number of nitrogens with one attached hydrogen (secondary N) is 1. The molecule has 0 radical (unpaired) electrons. The Balaban J connectivity index is 0.000000823. The van der Waals surface area contributed by atoms with Gasteiger partial charge in [-0.1, -0.05) is 11.8 Å². The Hall–Kier alpha value is -2.60. The fraction of sp³-hybridized carbons (Fsp3) is 0.625. The van der Waals surface area contributed by atoms with Gasteiger partial charge < -0.3 is 20.4 Å². The fourth-order valence-electron chi connectivity index (χ4n) is 1.91. The molecule has 9 heteroatoms. The van der Waals surface area contributed by atoms with E-state index in [1.807, 2.05) is 0 Å². The smallest absolute Gasteiger partial charge is 0.414 e. The molecule has 1 fully saturated rings. The van der Waals surface area contributed by atoms with Gasteiger partial charge in [0.2, 0.25) is 11.8 Å². The molecule has 0 bridgehead atoms. The van der Waals surface area contributed by atoms with E-state index in [4.69, 9.17) is 19.8 Å². The quantitative estimate of drug-likeness (QED) is 0.436. The molecular formula is C16H25N3O6. The Morgan fingerprint density at radius 3 is 2.12 bits per heavy atom. The SMILES string of the molecule is CC(=O)NCCC(=O)N(C)CC#CCN1CCCC1.O=C(O)C(=O)O. The Morgan fingerprint density at radius 2 is 1.64 bits per heavy atom. The number of amides is 2. The summed E-state index contributed by atoms with van der Waals surface area (Å²) in [4.78, 5) is 44.5. The van der Waals surface area contributed by atoms with E-state index in [1.165, 1.54) is 19.8 Å². The number of carboxylic acids is 2. The van der Waals surface area contributed by atoms with Crippen molar-refractivity contribution in [3.8, 4) is 11.8 Å². The first kappa shape index (κ1) is 22.4. The normalized spacial score (nSPS) is 12.9. The Labute approximate surface area is 147 Å². The molecule has 2 amide bonds. The van der Waals surface area contributed by atoms with E-state index in [-0.39, 0.29) is 11.8 Å². The first-order chi connectivity index (χ1) is 11.7. The van der Waals surface area contributed by atoms with E-state index < -0.39 is 11.9 Å². The van der Waals surface area contributed by atoms with E-state index in [0.29, 0.717) is 19.5 Å². The van der Waals surface area contributed by atoms with Gasteiger partial charge in [-0.2, -0.15) is 0 Å². The number of rotatable bonds is 5. The lowest BCUT2D eigenvalue weighted by molar-refractivity contribution is -0.159. The van der Waals surface area contributed by atoms with Gasteiger partial charge in [0.1, 0.15) is 0 Å². The Morgan fingerprint density at radius 1 is 1.08 bits per heavy atom. The summed E-state index contributed by atoms with van der Waals surface area (Å²) in [6.07, 6.45) is 2.86. The molecule has 0 aromatic heterocycles. The van der Waals surface area contributed by atoms with Gasteiger partial charge in [-0.05, 0) is 25.9 Å². The van der Waals surface area contributed by atoms with Crippen molar-refractivity contribution in [2.75, 3.05) is 39.8 Å². The van der Waals surface area contributed by atoms with Gasteiger partial charge in [0, 0.05) is 26.9 Å². The Kier molecular flexibility index (Phi) is 11.4. The van der Waals surface area contributed by atoms with Crippen LogP contribution >= 0.6 is 0 Å². The van der Waals surface area contributed by atoms with Crippen LogP contribution in [0.2, 0.25) is 0 Å². The first-order valence-corrected chi connectivity index (χ1v) is 7.86. The van der Waals surface area contributed by atoms with Crippen molar-refractivity contribution in [3.05, 3.63) is 0 Å². The van der Waals surface area contributed by atoms with Gasteiger partial charge in [0.15, 0.2) is 0 Å². The molecule has 0 spiro atoms. The highest BCUT2D eigenvalue weighted by Crippen LogP contribution is 2.05. The van der Waals surface area contributed by atoms with Crippen molar-refractivity contribution < 1.29 is 29.4 Å². The molecule has 25 heavy (non-hydrogen) atoms. The number of carbonyl (C=O) groups is 4. The van der Waals surface area contributed by atoms with Crippen molar-refractivity contribution in [1.29, 1.82) is 0 Å². The number of carbonyl (C=O) groups excluding carboxylic acids is 2. The van der Waals surface area contributed by atoms with Crippen LogP contribution in [0, 0.1) is 11.8 Å². The highest BCUT2D eigenvalue weighted by Gasteiger charge is 2.09. The van der Waals surface area contributed by atoms with Gasteiger partial charge in [0.05, 0.1) is 13.1 Å². The second-order valence-electron chi connectivity index (χ2n) is 5.43. The van der Waals surface area contributed by atoms with Crippen molar-refractivity contribution in [2.24, 2.45) is 0 Å². The number of aliphatic carboxylic acids is 2. The van der Waals surface area contributed by atoms with Gasteiger partial charge in [-0.25, -0.2) is 9.59 Å². The first-order valence-electron chi connectivity index (χ1n) is 7.86. The topological polar surface area (TPSA) is 127 Å². The molecule has 3 N–H and O–H groups in total. The molecule has 1 saturated heterocycles. The summed E-state index contributed by atoms with van der Waals surface area (Å²) >= 11 is 0. The molecular weight excluding hydrogens is 330 g/mol. The predicted molar refractivity (Wildman–Crippen MR) is 89.7 cm³/mol. The summed E-state index contributed by atoms with van der Waals surface area (Å²) in [5.41, 5.74) is 0. The average Bonchev–Trinajstić information content (AvgIpc) is 3.04. The van der Waals surface area contributed by atoms with Gasteiger partial charge >= 0.3 is 11.9 Å². The highest BCUT2D eigenvalue weighted by molar-refractivity contribution is 6.27. The van der Waals surface area contributed by atoms with Crippen LogP contribution in [0.15, 0.2) is 0 Å². The van der Waals surface area contributed by atoms with E-state index in [1.54, 1.807) is 11.9 Å². The van der Waals surface area contributed by atoms with E-state index in [9.17, 15) is 9.59 Å². The number of carboxylic acid groups (broad SMARTS) is 2. The van der Waals surface area contributed by atoms with Gasteiger partial charge in [-0.3, -0.25) is 14.5 Å². The van der Waals surface area contributed by atoms with E-state index in [2.05, 4.69) is 22.1 Å². The monoisotopic (exact) mass is 355 g/mol. The largest absolute Gasteiger partial charge is 0.473 e. The lowest BCUT2D eigenvalue weighted by Gasteiger charge is -2.14. The molecule has 0 saturated carbocycles. The van der Waals surface area contributed by atoms with Crippen LogP contribution in [0.1, 0.15) is 26.2 Å². The van der Waals surface area contributed by atoms with Gasteiger partial charge in [-0.15, -0.1) is 0 Å². The van der Waals surface area contributed by atoms with Gasteiger partial charge in [0.25, 0.3) is 0 Å². The molecule has 1 heterocycles. The number of hydrogen-bond acceptors (Lipinski definition) is 5. The minimum Gasteiger partial charge on any atom is -0.473 e. The zero-order chi connectivity index (χ0) is 19.2. The van der Waals surface area contributed by atoms with Crippen molar-refractivity contribution in [3.63, 3.8) is 0 Å². The second-order valence-corrected chi connectivity index (χ2v) is 5.43. The summed E-state index contributed by atoms with van der Waals surface area (Å²) in [5, 5.41) is 17.4. The number of hydrogen-bond donors (Lipinski definition) is 3. The summed E-state index contributed by atoms with van der Waals surface area (Å²) in [6, 6.07) is 0. The molecule has 9 nitrogen and oxygen atoms in total. The van der Waals surface area contributed by atoms with Crippen LogP contribution in [0.5, 0.6) is 0 Å². The second kappa shape index (κ2) is 12.8. The molecule has 0 atom stereocenters. The van der Waals surface area contributed by atoms with Crippen LogP contribution < -0.4 is 5.32 Å². The zero-order valence-electron chi connectivity index (χ0n) is 14.6. The third kappa shape index (κ3) is 12.5. The van der Waals surface area contributed by atoms with Crippen molar-refractivity contribution in [2.45, 2.75) is 26.2 Å². The lowest BCUT2D eigenvalue weighted by atomic mass is 10.3. The minimum absolute atomic E-state index is 0.00391. The minimum atomic E-state index is -1.82. The molecule has 0 aromatic carbocycles. The Bertz CT molecular complexity index is 520. The van der Waals surface area contributed by atoms with Crippen molar-refractivity contribution in [1.82, 2.24) is 15.1 Å².